The number of hydrogen-bond donors (Lipinski definition) is 1. The smallest absolute Gasteiger partial charge is 0.151 e. The molecule has 0 unspecified atom stereocenters. The molecule has 2 rings (SSSR count). The van der Waals surface area contributed by atoms with Gasteiger partial charge in [-0.15, -0.1) is 0 Å². The summed E-state index contributed by atoms with van der Waals surface area (Å²) in [4.78, 5) is 6.69. The summed E-state index contributed by atoms with van der Waals surface area (Å²) in [6.07, 6.45) is 7.06. The van der Waals surface area contributed by atoms with Crippen LogP contribution in [-0.4, -0.2) is 18.1 Å². The van der Waals surface area contributed by atoms with E-state index in [2.05, 4.69) is 16.8 Å². The molecular formula is C13H21N3. The standard InChI is InChI=1S/C13H21N3/c1-2-4-11-6-9-16(10-7-11)13-12(14)5-3-8-15-13/h3,5,8,11H,2,4,6-7,9-10,14H2,1H3. The zero-order valence-electron chi connectivity index (χ0n) is 10.0. The third kappa shape index (κ3) is 2.46. The third-order valence-electron chi connectivity index (χ3n) is 3.43. The molecule has 0 aromatic carbocycles. The minimum Gasteiger partial charge on any atom is -0.396 e. The van der Waals surface area contributed by atoms with Gasteiger partial charge in [-0.25, -0.2) is 4.98 Å². The molecule has 1 fully saturated rings. The van der Waals surface area contributed by atoms with Crippen molar-refractivity contribution in [3.8, 4) is 0 Å². The van der Waals surface area contributed by atoms with Crippen molar-refractivity contribution in [1.29, 1.82) is 0 Å². The minimum absolute atomic E-state index is 0.802. The molecule has 16 heavy (non-hydrogen) atoms. The van der Waals surface area contributed by atoms with Crippen LogP contribution in [0.5, 0.6) is 0 Å². The summed E-state index contributed by atoms with van der Waals surface area (Å²) < 4.78 is 0. The summed E-state index contributed by atoms with van der Waals surface area (Å²) >= 11 is 0. The van der Waals surface area contributed by atoms with Crippen LogP contribution >= 0.6 is 0 Å². The maximum atomic E-state index is 5.94. The Morgan fingerprint density at radius 2 is 2.19 bits per heavy atom. The third-order valence-corrected chi connectivity index (χ3v) is 3.43. The molecule has 0 aliphatic carbocycles. The Morgan fingerprint density at radius 1 is 1.44 bits per heavy atom. The zero-order valence-corrected chi connectivity index (χ0v) is 10.0. The van der Waals surface area contributed by atoms with E-state index in [4.69, 9.17) is 5.73 Å². The fraction of sp³-hybridized carbons (Fsp3) is 0.615. The highest BCUT2D eigenvalue weighted by Gasteiger charge is 2.20. The summed E-state index contributed by atoms with van der Waals surface area (Å²) in [7, 11) is 0. The molecule has 0 saturated carbocycles. The predicted molar refractivity (Wildman–Crippen MR) is 68.5 cm³/mol. The molecule has 3 nitrogen and oxygen atoms in total. The van der Waals surface area contributed by atoms with Gasteiger partial charge in [0.25, 0.3) is 0 Å². The monoisotopic (exact) mass is 219 g/mol. The van der Waals surface area contributed by atoms with Crippen LogP contribution in [-0.2, 0) is 0 Å². The van der Waals surface area contributed by atoms with Gasteiger partial charge in [-0.05, 0) is 30.9 Å². The average Bonchev–Trinajstić information content (AvgIpc) is 2.31. The molecule has 1 saturated heterocycles. The van der Waals surface area contributed by atoms with Crippen LogP contribution in [0.25, 0.3) is 0 Å². The van der Waals surface area contributed by atoms with Crippen LogP contribution in [0.3, 0.4) is 0 Å². The first-order valence-corrected chi connectivity index (χ1v) is 6.26. The number of nitrogen functional groups attached to an aromatic ring is 1. The highest BCUT2D eigenvalue weighted by Crippen LogP contribution is 2.27. The van der Waals surface area contributed by atoms with Gasteiger partial charge in [-0.2, -0.15) is 0 Å². The van der Waals surface area contributed by atoms with Gasteiger partial charge in [-0.3, -0.25) is 0 Å². The highest BCUT2D eigenvalue weighted by molar-refractivity contribution is 5.62. The van der Waals surface area contributed by atoms with Crippen LogP contribution in [0.15, 0.2) is 18.3 Å². The minimum atomic E-state index is 0.802. The predicted octanol–water partition coefficient (Wildman–Crippen LogP) is 2.68. The molecule has 1 aliphatic rings. The van der Waals surface area contributed by atoms with E-state index in [9.17, 15) is 0 Å². The molecule has 1 aliphatic heterocycles. The van der Waals surface area contributed by atoms with Gasteiger partial charge in [0.15, 0.2) is 5.82 Å². The number of anilines is 2. The number of piperidine rings is 1. The Bertz CT molecular complexity index is 330. The quantitative estimate of drug-likeness (QED) is 0.850. The van der Waals surface area contributed by atoms with Crippen LogP contribution in [0.1, 0.15) is 32.6 Å². The average molecular weight is 219 g/mol. The van der Waals surface area contributed by atoms with Gasteiger partial charge < -0.3 is 10.6 Å². The molecule has 3 heteroatoms. The lowest BCUT2D eigenvalue weighted by Gasteiger charge is -2.33. The lowest BCUT2D eigenvalue weighted by Crippen LogP contribution is -2.34. The van der Waals surface area contributed by atoms with Gasteiger partial charge in [-0.1, -0.05) is 19.8 Å². The van der Waals surface area contributed by atoms with Crippen LogP contribution in [0.4, 0.5) is 11.5 Å². The highest BCUT2D eigenvalue weighted by atomic mass is 15.2. The van der Waals surface area contributed by atoms with Gasteiger partial charge in [0.2, 0.25) is 0 Å². The van der Waals surface area contributed by atoms with E-state index in [1.807, 2.05) is 18.3 Å². The lowest BCUT2D eigenvalue weighted by molar-refractivity contribution is 0.377. The molecule has 2 N–H and O–H groups in total. The first-order valence-electron chi connectivity index (χ1n) is 6.26. The lowest BCUT2D eigenvalue weighted by atomic mass is 9.92. The van der Waals surface area contributed by atoms with Crippen molar-refractivity contribution < 1.29 is 0 Å². The van der Waals surface area contributed by atoms with E-state index in [-0.39, 0.29) is 0 Å². The summed E-state index contributed by atoms with van der Waals surface area (Å²) in [6, 6.07) is 3.82. The van der Waals surface area contributed by atoms with Crippen molar-refractivity contribution in [1.82, 2.24) is 4.98 Å². The summed E-state index contributed by atoms with van der Waals surface area (Å²) in [5, 5.41) is 0. The van der Waals surface area contributed by atoms with Gasteiger partial charge in [0.05, 0.1) is 5.69 Å². The maximum Gasteiger partial charge on any atom is 0.151 e. The molecule has 1 aromatic heterocycles. The molecule has 0 spiro atoms. The first kappa shape index (κ1) is 11.2. The van der Waals surface area contributed by atoms with Crippen molar-refractivity contribution in [2.75, 3.05) is 23.7 Å². The van der Waals surface area contributed by atoms with Gasteiger partial charge >= 0.3 is 0 Å². The number of nitrogens with zero attached hydrogens (tertiary/aromatic N) is 2. The fourth-order valence-corrected chi connectivity index (χ4v) is 2.52. The van der Waals surface area contributed by atoms with Crippen molar-refractivity contribution in [3.63, 3.8) is 0 Å². The Morgan fingerprint density at radius 3 is 2.81 bits per heavy atom. The number of hydrogen-bond acceptors (Lipinski definition) is 3. The maximum absolute atomic E-state index is 5.94. The second-order valence-electron chi connectivity index (χ2n) is 4.64. The summed E-state index contributed by atoms with van der Waals surface area (Å²) in [5.74, 6) is 1.88. The molecule has 0 radical (unpaired) electrons. The van der Waals surface area contributed by atoms with Crippen LogP contribution in [0.2, 0.25) is 0 Å². The molecule has 0 amide bonds. The van der Waals surface area contributed by atoms with Crippen molar-refractivity contribution in [2.24, 2.45) is 5.92 Å². The van der Waals surface area contributed by atoms with Crippen LogP contribution in [0, 0.1) is 5.92 Å². The second-order valence-corrected chi connectivity index (χ2v) is 4.64. The molecule has 88 valence electrons. The van der Waals surface area contributed by atoms with E-state index in [0.29, 0.717) is 0 Å². The summed E-state index contributed by atoms with van der Waals surface area (Å²) in [6.45, 7) is 4.47. The number of pyridine rings is 1. The van der Waals surface area contributed by atoms with Crippen molar-refractivity contribution in [3.05, 3.63) is 18.3 Å². The Hall–Kier alpha value is -1.25. The van der Waals surface area contributed by atoms with E-state index < -0.39 is 0 Å². The second kappa shape index (κ2) is 5.19. The molecule has 0 bridgehead atoms. The normalized spacial score (nSPS) is 17.7. The van der Waals surface area contributed by atoms with Gasteiger partial charge in [0.1, 0.15) is 0 Å². The molecular weight excluding hydrogens is 198 g/mol. The SMILES string of the molecule is CCCC1CCN(c2ncccc2N)CC1. The van der Waals surface area contributed by atoms with E-state index in [1.54, 1.807) is 0 Å². The number of rotatable bonds is 3. The van der Waals surface area contributed by atoms with E-state index >= 15 is 0 Å². The molecule has 2 heterocycles. The topological polar surface area (TPSA) is 42.2 Å². The zero-order chi connectivity index (χ0) is 11.4. The van der Waals surface area contributed by atoms with Crippen molar-refractivity contribution in [2.45, 2.75) is 32.6 Å². The van der Waals surface area contributed by atoms with E-state index in [1.165, 1.54) is 25.7 Å². The number of aromatic nitrogens is 1. The Balaban J connectivity index is 1.96. The molecule has 0 atom stereocenters. The first-order chi connectivity index (χ1) is 7.81. The Labute approximate surface area is 97.7 Å². The number of nitrogens with two attached hydrogens (primary N) is 1. The fourth-order valence-electron chi connectivity index (χ4n) is 2.52. The van der Waals surface area contributed by atoms with Crippen molar-refractivity contribution >= 4 is 11.5 Å². The molecule has 1 aromatic rings. The van der Waals surface area contributed by atoms with Gasteiger partial charge in [0, 0.05) is 19.3 Å². The summed E-state index contributed by atoms with van der Waals surface area (Å²) in [5.41, 5.74) is 6.74. The van der Waals surface area contributed by atoms with Crippen LogP contribution < -0.4 is 10.6 Å². The Kier molecular flexibility index (Phi) is 3.65. The van der Waals surface area contributed by atoms with E-state index in [0.717, 1.165) is 30.5 Å². The largest absolute Gasteiger partial charge is 0.396 e.